The van der Waals surface area contributed by atoms with Crippen molar-refractivity contribution in [1.29, 1.82) is 0 Å². The zero-order chi connectivity index (χ0) is 18.1. The Kier molecular flexibility index (Phi) is 4.94. The monoisotopic (exact) mass is 383 g/mol. The number of hydrogen-bond donors (Lipinski definition) is 1. The average Bonchev–Trinajstić information content (AvgIpc) is 3.23. The van der Waals surface area contributed by atoms with Gasteiger partial charge in [0, 0.05) is 31.4 Å². The van der Waals surface area contributed by atoms with E-state index in [1.165, 1.54) is 16.8 Å². The number of amides is 1. The van der Waals surface area contributed by atoms with Crippen LogP contribution in [0.3, 0.4) is 0 Å². The third kappa shape index (κ3) is 3.46. The van der Waals surface area contributed by atoms with Gasteiger partial charge in [-0.1, -0.05) is 23.2 Å². The lowest BCUT2D eigenvalue weighted by Crippen LogP contribution is -2.30. The highest BCUT2D eigenvalue weighted by Gasteiger charge is 2.27. The minimum absolute atomic E-state index is 0.0747. The molecule has 0 spiro atoms. The van der Waals surface area contributed by atoms with Gasteiger partial charge in [-0.05, 0) is 24.9 Å². The highest BCUT2D eigenvalue weighted by atomic mass is 35.5. The molecule has 1 unspecified atom stereocenters. The van der Waals surface area contributed by atoms with Crippen molar-refractivity contribution in [3.05, 3.63) is 50.2 Å². The van der Waals surface area contributed by atoms with Crippen LogP contribution >= 0.6 is 23.2 Å². The largest absolute Gasteiger partial charge is 0.337 e. The number of non-ortho nitro benzene ring substituents is 1. The Bertz CT molecular complexity index is 815. The van der Waals surface area contributed by atoms with E-state index in [9.17, 15) is 14.9 Å². The van der Waals surface area contributed by atoms with Gasteiger partial charge in [0.25, 0.3) is 11.6 Å². The third-order valence-electron chi connectivity index (χ3n) is 4.16. The fourth-order valence-corrected chi connectivity index (χ4v) is 3.46. The minimum atomic E-state index is -0.583. The van der Waals surface area contributed by atoms with Crippen molar-refractivity contribution in [1.82, 2.24) is 14.7 Å². The summed E-state index contributed by atoms with van der Waals surface area (Å²) in [5.74, 6) is 0.119. The molecule has 1 aliphatic heterocycles. The Labute approximate surface area is 153 Å². The molecule has 0 saturated carbocycles. The number of carbonyl (C=O) groups is 1. The van der Waals surface area contributed by atoms with Crippen molar-refractivity contribution in [2.45, 2.75) is 6.42 Å². The van der Waals surface area contributed by atoms with Crippen LogP contribution in [0.25, 0.3) is 5.69 Å². The van der Waals surface area contributed by atoms with E-state index in [4.69, 9.17) is 28.9 Å². The van der Waals surface area contributed by atoms with Gasteiger partial charge in [0.15, 0.2) is 5.69 Å². The lowest BCUT2D eigenvalue weighted by molar-refractivity contribution is -0.384. The summed E-state index contributed by atoms with van der Waals surface area (Å²) in [6.45, 7) is 1.81. The van der Waals surface area contributed by atoms with Crippen molar-refractivity contribution in [3.63, 3.8) is 0 Å². The molecule has 1 fully saturated rings. The zero-order valence-electron chi connectivity index (χ0n) is 13.1. The van der Waals surface area contributed by atoms with Crippen LogP contribution in [0.5, 0.6) is 0 Å². The molecule has 0 aliphatic carbocycles. The Morgan fingerprint density at radius 1 is 1.40 bits per heavy atom. The summed E-state index contributed by atoms with van der Waals surface area (Å²) in [6.07, 6.45) is 2.42. The van der Waals surface area contributed by atoms with E-state index in [1.54, 1.807) is 17.2 Å². The molecule has 1 saturated heterocycles. The van der Waals surface area contributed by atoms with Crippen LogP contribution in [-0.2, 0) is 0 Å². The van der Waals surface area contributed by atoms with Gasteiger partial charge < -0.3 is 10.6 Å². The maximum absolute atomic E-state index is 12.5. The number of halogens is 2. The summed E-state index contributed by atoms with van der Waals surface area (Å²) in [6, 6.07) is 3.95. The second-order valence-electron chi connectivity index (χ2n) is 5.80. The van der Waals surface area contributed by atoms with Crippen molar-refractivity contribution >= 4 is 34.8 Å². The van der Waals surface area contributed by atoms with Crippen molar-refractivity contribution < 1.29 is 9.72 Å². The van der Waals surface area contributed by atoms with E-state index in [-0.39, 0.29) is 33.0 Å². The van der Waals surface area contributed by atoms with Crippen LogP contribution in [0.1, 0.15) is 16.9 Å². The number of aromatic nitrogens is 2. The first-order valence-electron chi connectivity index (χ1n) is 7.59. The van der Waals surface area contributed by atoms with E-state index in [2.05, 4.69) is 5.10 Å². The van der Waals surface area contributed by atoms with Crippen molar-refractivity contribution in [2.75, 3.05) is 19.6 Å². The maximum atomic E-state index is 12.5. The topological polar surface area (TPSA) is 107 Å². The van der Waals surface area contributed by atoms with E-state index < -0.39 is 4.92 Å². The molecule has 1 aliphatic rings. The Hall–Kier alpha value is -2.16. The Morgan fingerprint density at radius 2 is 2.08 bits per heavy atom. The maximum Gasteiger partial charge on any atom is 0.274 e. The van der Waals surface area contributed by atoms with Gasteiger partial charge >= 0.3 is 0 Å². The molecule has 0 bridgehead atoms. The molecule has 1 amide bonds. The van der Waals surface area contributed by atoms with Gasteiger partial charge in [-0.25, -0.2) is 4.68 Å². The van der Waals surface area contributed by atoms with Crippen molar-refractivity contribution in [3.8, 4) is 5.69 Å². The second kappa shape index (κ2) is 6.99. The average molecular weight is 384 g/mol. The molecule has 25 heavy (non-hydrogen) atoms. The number of rotatable bonds is 4. The molecule has 8 nitrogen and oxygen atoms in total. The molecule has 2 aromatic rings. The summed E-state index contributed by atoms with van der Waals surface area (Å²) >= 11 is 12.2. The molecule has 2 heterocycles. The number of benzene rings is 1. The van der Waals surface area contributed by atoms with Gasteiger partial charge in [-0.3, -0.25) is 14.9 Å². The SMILES string of the molecule is NCC1CCN(C(=O)c2ccn(-c3c(Cl)cc([N+](=O)[O-])cc3Cl)n2)C1. The molecular weight excluding hydrogens is 369 g/mol. The van der Waals surface area contributed by atoms with E-state index in [0.717, 1.165) is 6.42 Å². The third-order valence-corrected chi connectivity index (χ3v) is 4.73. The van der Waals surface area contributed by atoms with Gasteiger partial charge in [-0.15, -0.1) is 0 Å². The molecule has 2 N–H and O–H groups in total. The van der Waals surface area contributed by atoms with Crippen molar-refractivity contribution in [2.24, 2.45) is 11.7 Å². The molecule has 0 radical (unpaired) electrons. The summed E-state index contributed by atoms with van der Waals surface area (Å²) in [5, 5.41) is 15.2. The molecular formula is C15H15Cl2N5O3. The number of nitrogens with zero attached hydrogens (tertiary/aromatic N) is 4. The normalized spacial score (nSPS) is 17.1. The standard InChI is InChI=1S/C15H15Cl2N5O3/c16-11-5-10(22(24)25)6-12(17)14(11)21-4-2-13(19-21)15(23)20-3-1-9(7-18)8-20/h2,4-6,9H,1,3,7-8,18H2. The molecule has 10 heteroatoms. The highest BCUT2D eigenvalue weighted by molar-refractivity contribution is 6.38. The molecule has 132 valence electrons. The smallest absolute Gasteiger partial charge is 0.274 e. The molecule has 1 aromatic heterocycles. The fraction of sp³-hybridized carbons (Fsp3) is 0.333. The van der Waals surface area contributed by atoms with E-state index in [0.29, 0.717) is 25.6 Å². The van der Waals surface area contributed by atoms with Crippen LogP contribution in [0.4, 0.5) is 5.69 Å². The van der Waals surface area contributed by atoms with Crippen LogP contribution in [0, 0.1) is 16.0 Å². The van der Waals surface area contributed by atoms with Gasteiger partial charge in [0.05, 0.1) is 15.0 Å². The summed E-state index contributed by atoms with van der Waals surface area (Å²) in [7, 11) is 0. The van der Waals surface area contributed by atoms with Crippen LogP contribution in [-0.4, -0.2) is 45.1 Å². The van der Waals surface area contributed by atoms with Gasteiger partial charge in [0.2, 0.25) is 0 Å². The summed E-state index contributed by atoms with van der Waals surface area (Å²) in [4.78, 5) is 24.5. The van der Waals surface area contributed by atoms with Crippen LogP contribution < -0.4 is 5.73 Å². The fourth-order valence-electron chi connectivity index (χ4n) is 2.81. The molecule has 3 rings (SSSR count). The number of nitrogens with two attached hydrogens (primary N) is 1. The Balaban J connectivity index is 1.87. The number of hydrogen-bond acceptors (Lipinski definition) is 5. The minimum Gasteiger partial charge on any atom is -0.337 e. The zero-order valence-corrected chi connectivity index (χ0v) is 14.6. The predicted octanol–water partition coefficient (Wildman–Crippen LogP) is 2.51. The van der Waals surface area contributed by atoms with Gasteiger partial charge in [0.1, 0.15) is 5.69 Å². The van der Waals surface area contributed by atoms with E-state index >= 15 is 0 Å². The highest BCUT2D eigenvalue weighted by Crippen LogP contribution is 2.33. The lowest BCUT2D eigenvalue weighted by atomic mass is 10.1. The lowest BCUT2D eigenvalue weighted by Gasteiger charge is -2.14. The first-order valence-corrected chi connectivity index (χ1v) is 8.35. The van der Waals surface area contributed by atoms with E-state index in [1.807, 2.05) is 0 Å². The first-order chi connectivity index (χ1) is 11.9. The Morgan fingerprint density at radius 3 is 2.64 bits per heavy atom. The van der Waals surface area contributed by atoms with Crippen LogP contribution in [0.2, 0.25) is 10.0 Å². The quantitative estimate of drug-likeness (QED) is 0.644. The van der Waals surface area contributed by atoms with Crippen LogP contribution in [0.15, 0.2) is 24.4 Å². The summed E-state index contributed by atoms with van der Waals surface area (Å²) in [5.41, 5.74) is 5.97. The number of nitro benzene ring substituents is 1. The second-order valence-corrected chi connectivity index (χ2v) is 6.62. The summed E-state index contributed by atoms with van der Waals surface area (Å²) < 4.78 is 1.35. The predicted molar refractivity (Wildman–Crippen MR) is 93.3 cm³/mol. The number of carbonyl (C=O) groups excluding carboxylic acids is 1. The number of nitro groups is 1. The molecule has 1 atom stereocenters. The first kappa shape index (κ1) is 17.7. The number of likely N-dealkylation sites (tertiary alicyclic amines) is 1. The van der Waals surface area contributed by atoms with Gasteiger partial charge in [-0.2, -0.15) is 5.10 Å². The molecule has 1 aromatic carbocycles.